The maximum Gasteiger partial charge on any atom is 0.233 e. The number of carbonyl (C=O) groups is 1. The zero-order chi connectivity index (χ0) is 15.8. The Balaban J connectivity index is 2.42. The predicted octanol–water partition coefficient (Wildman–Crippen LogP) is -0.262. The summed E-state index contributed by atoms with van der Waals surface area (Å²) < 4.78 is 5.50. The molecular formula is C14H21N3O3S. The zero-order valence-corrected chi connectivity index (χ0v) is 13.0. The molecule has 0 heterocycles. The molecule has 7 heteroatoms. The molecule has 0 aliphatic carbocycles. The molecule has 1 unspecified atom stereocenters. The predicted molar refractivity (Wildman–Crippen MR) is 85.4 cm³/mol. The number of hydrogen-bond donors (Lipinski definition) is 3. The zero-order valence-electron chi connectivity index (χ0n) is 12.2. The van der Waals surface area contributed by atoms with Crippen molar-refractivity contribution in [2.24, 2.45) is 5.73 Å². The van der Waals surface area contributed by atoms with Crippen molar-refractivity contribution >= 4 is 23.1 Å². The Hall–Kier alpha value is -1.70. The lowest BCUT2D eigenvalue weighted by Crippen LogP contribution is -2.39. The molecule has 0 aromatic heterocycles. The summed E-state index contributed by atoms with van der Waals surface area (Å²) >= 11 is 4.89. The van der Waals surface area contributed by atoms with Gasteiger partial charge in [0.2, 0.25) is 5.91 Å². The molecule has 1 aromatic carbocycles. The monoisotopic (exact) mass is 311 g/mol. The van der Waals surface area contributed by atoms with Crippen molar-refractivity contribution in [1.82, 2.24) is 10.2 Å². The first-order chi connectivity index (χ1) is 9.92. The quantitative estimate of drug-likeness (QED) is 0.573. The molecule has 21 heavy (non-hydrogen) atoms. The van der Waals surface area contributed by atoms with Gasteiger partial charge in [-0.05, 0) is 19.2 Å². The number of thiocarbonyl (C=S) groups is 1. The number of carbonyl (C=O) groups excluding carboxylic acids is 1. The molecule has 0 aliphatic heterocycles. The molecule has 0 fully saturated rings. The Bertz CT molecular complexity index is 496. The lowest BCUT2D eigenvalue weighted by Gasteiger charge is -2.20. The lowest BCUT2D eigenvalue weighted by atomic mass is 10.2. The molecule has 1 atom stereocenters. The molecule has 6 nitrogen and oxygen atoms in total. The van der Waals surface area contributed by atoms with Crippen LogP contribution >= 0.6 is 12.2 Å². The number of nitrogens with one attached hydrogen (secondary N) is 1. The fourth-order valence-electron chi connectivity index (χ4n) is 1.73. The molecule has 116 valence electrons. The first kappa shape index (κ1) is 17.4. The second-order valence-electron chi connectivity index (χ2n) is 4.73. The van der Waals surface area contributed by atoms with Crippen LogP contribution in [-0.2, 0) is 4.79 Å². The van der Waals surface area contributed by atoms with E-state index in [2.05, 4.69) is 5.32 Å². The first-order valence-electron chi connectivity index (χ1n) is 6.52. The topological polar surface area (TPSA) is 87.8 Å². The van der Waals surface area contributed by atoms with Gasteiger partial charge >= 0.3 is 0 Å². The SMILES string of the molecule is CNC(=O)CN(C)CC(O)COc1cccc(C(N)=S)c1. The molecule has 1 amide bonds. The van der Waals surface area contributed by atoms with Crippen LogP contribution in [0.25, 0.3) is 0 Å². The van der Waals surface area contributed by atoms with Crippen LogP contribution in [0, 0.1) is 0 Å². The number of aliphatic hydroxyl groups excluding tert-OH is 1. The van der Waals surface area contributed by atoms with Gasteiger partial charge in [0, 0.05) is 19.2 Å². The van der Waals surface area contributed by atoms with Crippen molar-refractivity contribution < 1.29 is 14.6 Å². The van der Waals surface area contributed by atoms with Gasteiger partial charge in [-0.15, -0.1) is 0 Å². The van der Waals surface area contributed by atoms with Crippen molar-refractivity contribution in [3.8, 4) is 5.75 Å². The maximum atomic E-state index is 11.2. The minimum absolute atomic E-state index is 0.102. The molecule has 0 saturated heterocycles. The highest BCUT2D eigenvalue weighted by Gasteiger charge is 2.11. The van der Waals surface area contributed by atoms with Gasteiger partial charge < -0.3 is 20.9 Å². The average Bonchev–Trinajstić information content (AvgIpc) is 2.45. The van der Waals surface area contributed by atoms with Crippen LogP contribution < -0.4 is 15.8 Å². The standard InChI is InChI=1S/C14H21N3O3S/c1-16-13(19)8-17(2)7-11(18)9-20-12-5-3-4-10(6-12)14(15)21/h3-6,11,18H,7-9H2,1-2H3,(H2,15,21)(H,16,19). The number of rotatable bonds is 8. The number of nitrogens with zero attached hydrogens (tertiary/aromatic N) is 1. The normalized spacial score (nSPS) is 12.0. The average molecular weight is 311 g/mol. The summed E-state index contributed by atoms with van der Waals surface area (Å²) in [6.45, 7) is 0.686. The highest BCUT2D eigenvalue weighted by Crippen LogP contribution is 2.13. The molecule has 0 aliphatic rings. The van der Waals surface area contributed by atoms with E-state index < -0.39 is 6.10 Å². The van der Waals surface area contributed by atoms with Crippen molar-refractivity contribution in [1.29, 1.82) is 0 Å². The van der Waals surface area contributed by atoms with Gasteiger partial charge in [-0.25, -0.2) is 0 Å². The minimum Gasteiger partial charge on any atom is -0.491 e. The Labute approximate surface area is 129 Å². The molecule has 0 bridgehead atoms. The van der Waals surface area contributed by atoms with Gasteiger partial charge in [0.05, 0.1) is 6.54 Å². The number of amides is 1. The van der Waals surface area contributed by atoms with Gasteiger partial charge in [-0.3, -0.25) is 9.69 Å². The van der Waals surface area contributed by atoms with Crippen molar-refractivity contribution in [3.05, 3.63) is 29.8 Å². The summed E-state index contributed by atoms with van der Waals surface area (Å²) in [5.74, 6) is 0.489. The van der Waals surface area contributed by atoms with Crippen molar-refractivity contribution in [3.63, 3.8) is 0 Å². The Morgan fingerprint density at radius 1 is 1.57 bits per heavy atom. The molecule has 0 saturated carbocycles. The van der Waals surface area contributed by atoms with Crippen molar-refractivity contribution in [2.45, 2.75) is 6.10 Å². The number of ether oxygens (including phenoxy) is 1. The van der Waals surface area contributed by atoms with E-state index in [0.717, 1.165) is 0 Å². The van der Waals surface area contributed by atoms with E-state index in [4.69, 9.17) is 22.7 Å². The number of nitrogens with two attached hydrogens (primary N) is 1. The fourth-order valence-corrected chi connectivity index (χ4v) is 1.86. The highest BCUT2D eigenvalue weighted by molar-refractivity contribution is 7.80. The maximum absolute atomic E-state index is 11.2. The minimum atomic E-state index is -0.701. The van der Waals surface area contributed by atoms with E-state index in [0.29, 0.717) is 22.8 Å². The van der Waals surface area contributed by atoms with Crippen LogP contribution in [0.1, 0.15) is 5.56 Å². The van der Waals surface area contributed by atoms with Crippen LogP contribution in [0.2, 0.25) is 0 Å². The number of likely N-dealkylation sites (N-methyl/N-ethyl adjacent to an activating group) is 2. The van der Waals surface area contributed by atoms with Crippen LogP contribution in [0.15, 0.2) is 24.3 Å². The summed E-state index contributed by atoms with van der Waals surface area (Å²) in [5.41, 5.74) is 6.26. The van der Waals surface area contributed by atoms with Gasteiger partial charge in [-0.1, -0.05) is 24.4 Å². The molecule has 1 rings (SSSR count). The number of aliphatic hydroxyl groups is 1. The van der Waals surface area contributed by atoms with E-state index >= 15 is 0 Å². The Kier molecular flexibility index (Phi) is 7.07. The van der Waals surface area contributed by atoms with Crippen molar-refractivity contribution in [2.75, 3.05) is 33.8 Å². The summed E-state index contributed by atoms with van der Waals surface area (Å²) in [6, 6.07) is 7.07. The van der Waals surface area contributed by atoms with Gasteiger partial charge in [0.1, 0.15) is 23.4 Å². The fraction of sp³-hybridized carbons (Fsp3) is 0.429. The smallest absolute Gasteiger partial charge is 0.233 e. The van der Waals surface area contributed by atoms with E-state index in [9.17, 15) is 9.90 Å². The summed E-state index contributed by atoms with van der Waals surface area (Å²) in [6.07, 6.45) is -0.701. The molecule has 1 aromatic rings. The van der Waals surface area contributed by atoms with Crippen LogP contribution in [0.4, 0.5) is 0 Å². The molecule has 4 N–H and O–H groups in total. The highest BCUT2D eigenvalue weighted by atomic mass is 32.1. The third-order valence-electron chi connectivity index (χ3n) is 2.78. The van der Waals surface area contributed by atoms with Crippen LogP contribution in [-0.4, -0.2) is 60.8 Å². The van der Waals surface area contributed by atoms with E-state index in [1.165, 1.54) is 0 Å². The second kappa shape index (κ2) is 8.56. The second-order valence-corrected chi connectivity index (χ2v) is 5.17. The lowest BCUT2D eigenvalue weighted by molar-refractivity contribution is -0.121. The van der Waals surface area contributed by atoms with E-state index in [1.54, 1.807) is 43.3 Å². The number of benzene rings is 1. The summed E-state index contributed by atoms with van der Waals surface area (Å²) in [5, 5.41) is 12.4. The van der Waals surface area contributed by atoms with Crippen LogP contribution in [0.3, 0.4) is 0 Å². The van der Waals surface area contributed by atoms with Crippen LogP contribution in [0.5, 0.6) is 5.75 Å². The third-order valence-corrected chi connectivity index (χ3v) is 3.01. The summed E-state index contributed by atoms with van der Waals surface area (Å²) in [7, 11) is 3.33. The number of hydrogen-bond acceptors (Lipinski definition) is 5. The Morgan fingerprint density at radius 3 is 2.90 bits per heavy atom. The summed E-state index contributed by atoms with van der Waals surface area (Å²) in [4.78, 5) is 13.2. The molecular weight excluding hydrogens is 290 g/mol. The third kappa shape index (κ3) is 6.52. The molecule has 0 radical (unpaired) electrons. The van der Waals surface area contributed by atoms with E-state index in [1.807, 2.05) is 0 Å². The Morgan fingerprint density at radius 2 is 2.29 bits per heavy atom. The van der Waals surface area contributed by atoms with E-state index in [-0.39, 0.29) is 19.1 Å². The molecule has 0 spiro atoms. The largest absolute Gasteiger partial charge is 0.491 e. The van der Waals surface area contributed by atoms with Gasteiger partial charge in [-0.2, -0.15) is 0 Å². The first-order valence-corrected chi connectivity index (χ1v) is 6.93. The van der Waals surface area contributed by atoms with Gasteiger partial charge in [0.15, 0.2) is 0 Å². The van der Waals surface area contributed by atoms with Gasteiger partial charge in [0.25, 0.3) is 0 Å².